The van der Waals surface area contributed by atoms with Gasteiger partial charge in [0, 0.05) is 18.5 Å². The Kier molecular flexibility index (Phi) is 4.93. The molecule has 0 saturated carbocycles. The van der Waals surface area contributed by atoms with Gasteiger partial charge in [0.1, 0.15) is 12.4 Å². The van der Waals surface area contributed by atoms with E-state index in [9.17, 15) is 4.79 Å². The SMILES string of the molecule is COc1cccc([C@@H]2CN(C(=O)COC(C)C)[C@@H]3C4CCN(CC4)[C@@H]32)c1. The van der Waals surface area contributed by atoms with E-state index in [4.69, 9.17) is 9.47 Å². The number of rotatable bonds is 5. The largest absolute Gasteiger partial charge is 0.497 e. The van der Waals surface area contributed by atoms with Crippen molar-refractivity contribution in [2.24, 2.45) is 5.92 Å². The van der Waals surface area contributed by atoms with Crippen molar-refractivity contribution in [2.75, 3.05) is 33.4 Å². The molecule has 3 atom stereocenters. The Hall–Kier alpha value is -1.59. The maximum absolute atomic E-state index is 12.9. The first kappa shape index (κ1) is 17.8. The number of fused-ring (bicyclic) bond motifs is 2. The number of methoxy groups -OCH3 is 1. The zero-order chi connectivity index (χ0) is 18.3. The first-order chi connectivity index (χ1) is 12.6. The standard InChI is InChI=1S/C21H30N2O3/c1-14(2)26-13-19(24)23-12-18(16-5-4-6-17(11-16)25-3)21-20(23)15-7-9-22(21)10-8-15/h4-6,11,14-15,18,20-21H,7-10,12-13H2,1-3H3/t18-,20+,21+/m0/s1. The molecule has 1 amide bonds. The average Bonchev–Trinajstić information content (AvgIpc) is 3.10. The molecule has 5 nitrogen and oxygen atoms in total. The molecule has 4 saturated heterocycles. The molecule has 0 spiro atoms. The monoisotopic (exact) mass is 358 g/mol. The third kappa shape index (κ3) is 3.12. The minimum atomic E-state index is 0.0816. The second-order valence-electron chi connectivity index (χ2n) is 8.14. The number of hydrogen-bond donors (Lipinski definition) is 0. The maximum Gasteiger partial charge on any atom is 0.248 e. The zero-order valence-corrected chi connectivity index (χ0v) is 16.1. The summed E-state index contributed by atoms with van der Waals surface area (Å²) in [5, 5.41) is 0. The fraction of sp³-hybridized carbons (Fsp3) is 0.667. The zero-order valence-electron chi connectivity index (χ0n) is 16.1. The third-order valence-corrected chi connectivity index (χ3v) is 6.38. The lowest BCUT2D eigenvalue weighted by Crippen LogP contribution is -2.61. The van der Waals surface area contributed by atoms with Gasteiger partial charge in [-0.1, -0.05) is 12.1 Å². The summed E-state index contributed by atoms with van der Waals surface area (Å²) in [6.45, 7) is 7.27. The summed E-state index contributed by atoms with van der Waals surface area (Å²) in [5.74, 6) is 2.01. The van der Waals surface area contributed by atoms with E-state index in [-0.39, 0.29) is 18.6 Å². The normalized spacial score (nSPS) is 32.8. The summed E-state index contributed by atoms with van der Waals surface area (Å²) in [6.07, 6.45) is 2.50. The number of carbonyl (C=O) groups excluding carboxylic acids is 1. The molecule has 0 radical (unpaired) electrons. The van der Waals surface area contributed by atoms with E-state index in [2.05, 4.69) is 28.0 Å². The van der Waals surface area contributed by atoms with Crippen molar-refractivity contribution in [1.29, 1.82) is 0 Å². The molecule has 4 fully saturated rings. The van der Waals surface area contributed by atoms with Crippen LogP contribution in [0.4, 0.5) is 0 Å². The second-order valence-corrected chi connectivity index (χ2v) is 8.14. The van der Waals surface area contributed by atoms with Crippen LogP contribution >= 0.6 is 0 Å². The smallest absolute Gasteiger partial charge is 0.248 e. The molecule has 4 aliphatic heterocycles. The predicted octanol–water partition coefficient (Wildman–Crippen LogP) is 2.51. The molecule has 1 aromatic carbocycles. The van der Waals surface area contributed by atoms with Crippen molar-refractivity contribution in [3.05, 3.63) is 29.8 Å². The molecule has 1 aromatic rings. The van der Waals surface area contributed by atoms with Crippen LogP contribution < -0.4 is 4.74 Å². The Morgan fingerprint density at radius 1 is 1.23 bits per heavy atom. The highest BCUT2D eigenvalue weighted by molar-refractivity contribution is 5.78. The summed E-state index contributed by atoms with van der Waals surface area (Å²) in [4.78, 5) is 17.7. The van der Waals surface area contributed by atoms with Crippen molar-refractivity contribution in [2.45, 2.75) is 50.8 Å². The number of nitrogens with zero attached hydrogens (tertiary/aromatic N) is 2. The number of carbonyl (C=O) groups is 1. The highest BCUT2D eigenvalue weighted by Gasteiger charge is 2.54. The number of benzene rings is 1. The van der Waals surface area contributed by atoms with Gasteiger partial charge >= 0.3 is 0 Å². The van der Waals surface area contributed by atoms with Crippen molar-refractivity contribution in [3.63, 3.8) is 0 Å². The van der Waals surface area contributed by atoms with Gasteiger partial charge < -0.3 is 14.4 Å². The molecule has 4 aliphatic rings. The van der Waals surface area contributed by atoms with Crippen LogP contribution in [0.15, 0.2) is 24.3 Å². The van der Waals surface area contributed by atoms with Gasteiger partial charge in [0.25, 0.3) is 0 Å². The van der Waals surface area contributed by atoms with E-state index >= 15 is 0 Å². The van der Waals surface area contributed by atoms with Crippen LogP contribution in [0.2, 0.25) is 0 Å². The Morgan fingerprint density at radius 2 is 2.00 bits per heavy atom. The van der Waals surface area contributed by atoms with Crippen LogP contribution in [0.5, 0.6) is 5.75 Å². The highest BCUT2D eigenvalue weighted by atomic mass is 16.5. The predicted molar refractivity (Wildman–Crippen MR) is 100 cm³/mol. The summed E-state index contributed by atoms with van der Waals surface area (Å²) in [6, 6.07) is 9.14. The first-order valence-corrected chi connectivity index (χ1v) is 9.87. The quantitative estimate of drug-likeness (QED) is 0.811. The molecule has 5 rings (SSSR count). The Morgan fingerprint density at radius 3 is 2.69 bits per heavy atom. The van der Waals surface area contributed by atoms with Crippen LogP contribution in [-0.2, 0) is 9.53 Å². The molecule has 2 bridgehead atoms. The second kappa shape index (κ2) is 7.20. The highest BCUT2D eigenvalue weighted by Crippen LogP contribution is 2.46. The summed E-state index contributed by atoms with van der Waals surface area (Å²) >= 11 is 0. The molecular formula is C21H30N2O3. The van der Waals surface area contributed by atoms with Crippen molar-refractivity contribution in [1.82, 2.24) is 9.80 Å². The van der Waals surface area contributed by atoms with Crippen LogP contribution in [0.1, 0.15) is 38.2 Å². The van der Waals surface area contributed by atoms with Crippen LogP contribution in [0.25, 0.3) is 0 Å². The molecule has 26 heavy (non-hydrogen) atoms. The van der Waals surface area contributed by atoms with Gasteiger partial charge in [0.05, 0.1) is 19.3 Å². The maximum atomic E-state index is 12.9. The van der Waals surface area contributed by atoms with Gasteiger partial charge in [-0.2, -0.15) is 0 Å². The topological polar surface area (TPSA) is 42.0 Å². The van der Waals surface area contributed by atoms with Gasteiger partial charge in [-0.25, -0.2) is 0 Å². The number of likely N-dealkylation sites (tertiary alicyclic amines) is 1. The molecule has 0 aliphatic carbocycles. The van der Waals surface area contributed by atoms with Crippen molar-refractivity contribution >= 4 is 5.91 Å². The van der Waals surface area contributed by atoms with Crippen molar-refractivity contribution < 1.29 is 14.3 Å². The Balaban J connectivity index is 1.62. The van der Waals surface area contributed by atoms with Crippen molar-refractivity contribution in [3.8, 4) is 5.75 Å². The van der Waals surface area contributed by atoms with Crippen LogP contribution in [-0.4, -0.2) is 67.2 Å². The van der Waals surface area contributed by atoms with E-state index in [1.54, 1.807) is 7.11 Å². The lowest BCUT2D eigenvalue weighted by Gasteiger charge is -2.51. The Labute approximate surface area is 156 Å². The van der Waals surface area contributed by atoms with E-state index in [1.807, 2.05) is 19.9 Å². The minimum Gasteiger partial charge on any atom is -0.497 e. The number of amides is 1. The fourth-order valence-electron chi connectivity index (χ4n) is 5.19. The molecule has 0 N–H and O–H groups in total. The minimum absolute atomic E-state index is 0.0816. The fourth-order valence-corrected chi connectivity index (χ4v) is 5.19. The Bertz CT molecular complexity index is 654. The number of hydrogen-bond acceptors (Lipinski definition) is 4. The van der Waals surface area contributed by atoms with E-state index in [1.165, 1.54) is 18.4 Å². The van der Waals surface area contributed by atoms with Gasteiger partial charge in [-0.15, -0.1) is 0 Å². The van der Waals surface area contributed by atoms with Crippen LogP contribution in [0.3, 0.4) is 0 Å². The molecule has 5 heteroatoms. The average molecular weight is 358 g/mol. The number of ether oxygens (including phenoxy) is 2. The first-order valence-electron chi connectivity index (χ1n) is 9.87. The third-order valence-electron chi connectivity index (χ3n) is 6.38. The van der Waals surface area contributed by atoms with E-state index < -0.39 is 0 Å². The summed E-state index contributed by atoms with van der Waals surface area (Å²) < 4.78 is 11.1. The summed E-state index contributed by atoms with van der Waals surface area (Å²) in [5.41, 5.74) is 1.28. The lowest BCUT2D eigenvalue weighted by molar-refractivity contribution is -0.142. The van der Waals surface area contributed by atoms with Gasteiger partial charge in [-0.05, 0) is 63.4 Å². The van der Waals surface area contributed by atoms with E-state index in [0.717, 1.165) is 25.4 Å². The summed E-state index contributed by atoms with van der Waals surface area (Å²) in [7, 11) is 1.71. The van der Waals surface area contributed by atoms with Crippen LogP contribution in [0, 0.1) is 5.92 Å². The van der Waals surface area contributed by atoms with Gasteiger partial charge in [0.15, 0.2) is 0 Å². The number of piperidine rings is 3. The van der Waals surface area contributed by atoms with Gasteiger partial charge in [-0.3, -0.25) is 9.69 Å². The molecule has 0 unspecified atom stereocenters. The molecule has 0 aromatic heterocycles. The van der Waals surface area contributed by atoms with E-state index in [0.29, 0.717) is 23.9 Å². The lowest BCUT2D eigenvalue weighted by atomic mass is 9.75. The van der Waals surface area contributed by atoms with Gasteiger partial charge in [0.2, 0.25) is 5.91 Å². The molecular weight excluding hydrogens is 328 g/mol. The molecule has 142 valence electrons. The molecule has 4 heterocycles.